The SMILES string of the molecule is O=C([O-])Cc1ccc(N=Cc2ccncc2)cc1. The standard InChI is InChI=1S/C14H12N2O2/c17-14(18)9-11-1-3-13(4-2-11)16-10-12-5-7-15-8-6-12/h1-8,10H,9H2,(H,17,18)/p-1. The van der Waals surface area contributed by atoms with E-state index < -0.39 is 5.97 Å². The predicted octanol–water partition coefficient (Wildman–Crippen LogP) is 1.12. The van der Waals surface area contributed by atoms with E-state index in [0.717, 1.165) is 11.3 Å². The van der Waals surface area contributed by atoms with Crippen LogP contribution in [0.4, 0.5) is 5.69 Å². The quantitative estimate of drug-likeness (QED) is 0.751. The molecule has 2 rings (SSSR count). The lowest BCUT2D eigenvalue weighted by molar-refractivity contribution is -0.304. The average Bonchev–Trinajstić information content (AvgIpc) is 2.38. The third kappa shape index (κ3) is 3.52. The molecule has 0 radical (unpaired) electrons. The molecule has 0 fully saturated rings. The summed E-state index contributed by atoms with van der Waals surface area (Å²) in [6, 6.07) is 10.7. The van der Waals surface area contributed by atoms with Crippen LogP contribution in [0, 0.1) is 0 Å². The van der Waals surface area contributed by atoms with E-state index in [1.165, 1.54) is 0 Å². The van der Waals surface area contributed by atoms with Crippen molar-refractivity contribution in [3.63, 3.8) is 0 Å². The van der Waals surface area contributed by atoms with Crippen LogP contribution in [0.1, 0.15) is 11.1 Å². The number of carboxylic acids is 1. The molecule has 0 N–H and O–H groups in total. The number of hydrogen-bond donors (Lipinski definition) is 0. The molecular weight excluding hydrogens is 228 g/mol. The summed E-state index contributed by atoms with van der Waals surface area (Å²) in [5.41, 5.74) is 2.44. The highest BCUT2D eigenvalue weighted by molar-refractivity contribution is 5.81. The maximum atomic E-state index is 10.4. The number of carbonyl (C=O) groups excluding carboxylic acids is 1. The lowest BCUT2D eigenvalue weighted by Gasteiger charge is -2.02. The fourth-order valence-electron chi connectivity index (χ4n) is 1.47. The second kappa shape index (κ2) is 5.72. The second-order valence-electron chi connectivity index (χ2n) is 3.75. The van der Waals surface area contributed by atoms with Gasteiger partial charge in [0.2, 0.25) is 0 Å². The van der Waals surface area contributed by atoms with Crippen molar-refractivity contribution in [2.24, 2.45) is 4.99 Å². The number of nitrogens with zero attached hydrogens (tertiary/aromatic N) is 2. The maximum Gasteiger partial charge on any atom is 0.0630 e. The van der Waals surface area contributed by atoms with E-state index in [1.807, 2.05) is 12.1 Å². The van der Waals surface area contributed by atoms with Crippen molar-refractivity contribution in [3.8, 4) is 0 Å². The van der Waals surface area contributed by atoms with Crippen LogP contribution < -0.4 is 5.11 Å². The van der Waals surface area contributed by atoms with Crippen molar-refractivity contribution < 1.29 is 9.90 Å². The van der Waals surface area contributed by atoms with Crippen molar-refractivity contribution in [1.82, 2.24) is 4.98 Å². The van der Waals surface area contributed by atoms with Gasteiger partial charge < -0.3 is 9.90 Å². The van der Waals surface area contributed by atoms with Crippen LogP contribution in [0.15, 0.2) is 53.8 Å². The van der Waals surface area contributed by atoms with Crippen LogP contribution in [0.5, 0.6) is 0 Å². The van der Waals surface area contributed by atoms with Gasteiger partial charge in [0, 0.05) is 31.0 Å². The first-order valence-corrected chi connectivity index (χ1v) is 5.47. The van der Waals surface area contributed by atoms with E-state index in [2.05, 4.69) is 9.98 Å². The Kier molecular flexibility index (Phi) is 3.81. The fourth-order valence-corrected chi connectivity index (χ4v) is 1.47. The summed E-state index contributed by atoms with van der Waals surface area (Å²) in [6.45, 7) is 0. The minimum atomic E-state index is -1.08. The Morgan fingerprint density at radius 2 is 1.83 bits per heavy atom. The monoisotopic (exact) mass is 239 g/mol. The van der Waals surface area contributed by atoms with E-state index in [0.29, 0.717) is 5.56 Å². The molecule has 4 heteroatoms. The molecule has 1 aromatic heterocycles. The average molecular weight is 239 g/mol. The number of hydrogen-bond acceptors (Lipinski definition) is 4. The molecule has 0 aliphatic carbocycles. The zero-order valence-electron chi connectivity index (χ0n) is 9.61. The minimum absolute atomic E-state index is 0.0751. The van der Waals surface area contributed by atoms with Crippen LogP contribution >= 0.6 is 0 Å². The first-order valence-electron chi connectivity index (χ1n) is 5.47. The number of benzene rings is 1. The lowest BCUT2D eigenvalue weighted by Crippen LogP contribution is -2.24. The molecule has 1 aromatic carbocycles. The number of rotatable bonds is 4. The van der Waals surface area contributed by atoms with Gasteiger partial charge in [-0.25, -0.2) is 0 Å². The third-order valence-corrected chi connectivity index (χ3v) is 2.35. The summed E-state index contributed by atoms with van der Waals surface area (Å²) in [6.07, 6.45) is 5.05. The van der Waals surface area contributed by atoms with E-state index in [-0.39, 0.29) is 6.42 Å². The van der Waals surface area contributed by atoms with Crippen molar-refractivity contribution in [2.45, 2.75) is 6.42 Å². The van der Waals surface area contributed by atoms with Crippen molar-refractivity contribution in [1.29, 1.82) is 0 Å². The Bertz CT molecular complexity index is 548. The summed E-state index contributed by atoms with van der Waals surface area (Å²) < 4.78 is 0. The van der Waals surface area contributed by atoms with E-state index in [1.54, 1.807) is 42.9 Å². The van der Waals surface area contributed by atoms with Gasteiger partial charge in [0.15, 0.2) is 0 Å². The number of aliphatic imine (C=N–C) groups is 1. The Morgan fingerprint density at radius 1 is 1.17 bits per heavy atom. The largest absolute Gasteiger partial charge is 0.550 e. The smallest absolute Gasteiger partial charge is 0.0630 e. The molecule has 0 unspecified atom stereocenters. The molecule has 0 amide bonds. The zero-order valence-corrected chi connectivity index (χ0v) is 9.61. The maximum absolute atomic E-state index is 10.4. The number of aromatic nitrogens is 1. The van der Waals surface area contributed by atoms with Crippen LogP contribution in [0.25, 0.3) is 0 Å². The van der Waals surface area contributed by atoms with Crippen molar-refractivity contribution in [3.05, 3.63) is 59.9 Å². The van der Waals surface area contributed by atoms with Crippen LogP contribution in [0.2, 0.25) is 0 Å². The first kappa shape index (κ1) is 12.0. The fraction of sp³-hybridized carbons (Fsp3) is 0.0714. The number of pyridine rings is 1. The Hall–Kier alpha value is -2.49. The summed E-state index contributed by atoms with van der Waals surface area (Å²) in [5.74, 6) is -1.08. The van der Waals surface area contributed by atoms with Gasteiger partial charge in [-0.3, -0.25) is 9.98 Å². The molecule has 18 heavy (non-hydrogen) atoms. The Balaban J connectivity index is 2.06. The van der Waals surface area contributed by atoms with Gasteiger partial charge in [-0.1, -0.05) is 12.1 Å². The van der Waals surface area contributed by atoms with E-state index in [9.17, 15) is 9.90 Å². The van der Waals surface area contributed by atoms with Crippen molar-refractivity contribution in [2.75, 3.05) is 0 Å². The molecule has 0 aliphatic rings. The van der Waals surface area contributed by atoms with Gasteiger partial charge in [0.25, 0.3) is 0 Å². The molecule has 0 aliphatic heterocycles. The highest BCUT2D eigenvalue weighted by atomic mass is 16.4. The molecule has 1 heterocycles. The van der Waals surface area contributed by atoms with Gasteiger partial charge >= 0.3 is 0 Å². The lowest BCUT2D eigenvalue weighted by atomic mass is 10.1. The summed E-state index contributed by atoms with van der Waals surface area (Å²) in [7, 11) is 0. The Morgan fingerprint density at radius 3 is 2.44 bits per heavy atom. The molecule has 90 valence electrons. The van der Waals surface area contributed by atoms with Gasteiger partial charge in [-0.2, -0.15) is 0 Å². The van der Waals surface area contributed by atoms with Gasteiger partial charge in [-0.05, 0) is 35.4 Å². The van der Waals surface area contributed by atoms with E-state index in [4.69, 9.17) is 0 Å². The molecular formula is C14H11N2O2-. The summed E-state index contributed by atoms with van der Waals surface area (Å²) in [5, 5.41) is 10.4. The molecule has 0 spiro atoms. The molecule has 0 atom stereocenters. The third-order valence-electron chi connectivity index (χ3n) is 2.35. The van der Waals surface area contributed by atoms with Crippen LogP contribution in [0.3, 0.4) is 0 Å². The number of carboxylic acid groups (broad SMARTS) is 1. The van der Waals surface area contributed by atoms with Gasteiger partial charge in [-0.15, -0.1) is 0 Å². The zero-order chi connectivity index (χ0) is 12.8. The topological polar surface area (TPSA) is 65.4 Å². The molecule has 0 bridgehead atoms. The van der Waals surface area contributed by atoms with Crippen LogP contribution in [-0.4, -0.2) is 17.2 Å². The van der Waals surface area contributed by atoms with Crippen LogP contribution in [-0.2, 0) is 11.2 Å². The first-order chi connectivity index (χ1) is 8.74. The highest BCUT2D eigenvalue weighted by Gasteiger charge is 1.94. The van der Waals surface area contributed by atoms with Gasteiger partial charge in [0.1, 0.15) is 0 Å². The summed E-state index contributed by atoms with van der Waals surface area (Å²) >= 11 is 0. The predicted molar refractivity (Wildman–Crippen MR) is 66.6 cm³/mol. The normalized spacial score (nSPS) is 10.7. The summed E-state index contributed by atoms with van der Waals surface area (Å²) in [4.78, 5) is 18.6. The number of aliphatic carboxylic acids is 1. The molecule has 4 nitrogen and oxygen atoms in total. The molecule has 2 aromatic rings. The Labute approximate surface area is 105 Å². The van der Waals surface area contributed by atoms with Crippen molar-refractivity contribution >= 4 is 17.9 Å². The minimum Gasteiger partial charge on any atom is -0.550 e. The second-order valence-corrected chi connectivity index (χ2v) is 3.75. The molecule has 0 saturated heterocycles. The number of carbonyl (C=O) groups is 1. The highest BCUT2D eigenvalue weighted by Crippen LogP contribution is 2.13. The molecule has 0 saturated carbocycles. The van der Waals surface area contributed by atoms with Gasteiger partial charge in [0.05, 0.1) is 5.69 Å². The van der Waals surface area contributed by atoms with E-state index >= 15 is 0 Å².